The third-order valence-corrected chi connectivity index (χ3v) is 10.3. The molecule has 258 valence electrons. The lowest BCUT2D eigenvalue weighted by atomic mass is 9.90. The van der Waals surface area contributed by atoms with Crippen LogP contribution in [0.1, 0.15) is 0 Å². The molecule has 8 aromatic carbocycles. The quantitative estimate of drug-likeness (QED) is 0.166. The molecule has 0 spiro atoms. The van der Waals surface area contributed by atoms with Gasteiger partial charge < -0.3 is 4.57 Å². The molecule has 55 heavy (non-hydrogen) atoms. The zero-order chi connectivity index (χ0) is 36.6. The molecule has 0 aliphatic rings. The standard InChI is InChI=1S/C51H34N4/c1-5-17-35(18-6-1)39-29-31-41(44(33-39)36-19-7-2-8-20-36)40-30-32-48(55-46-27-15-13-25-42(46)43-26-14-16-28-47(43)55)45(34-40)51-53-49(37-21-9-3-10-22-37)52-50(54-51)38-23-11-4-12-24-38/h1-34H. The molecule has 10 aromatic rings. The van der Waals surface area contributed by atoms with Gasteiger partial charge in [-0.15, -0.1) is 0 Å². The number of aromatic nitrogens is 4. The Morgan fingerprint density at radius 1 is 0.273 bits per heavy atom. The summed E-state index contributed by atoms with van der Waals surface area (Å²) in [6, 6.07) is 72.3. The van der Waals surface area contributed by atoms with Crippen LogP contribution < -0.4 is 0 Å². The molecule has 0 saturated heterocycles. The van der Waals surface area contributed by atoms with Gasteiger partial charge in [-0.25, -0.2) is 15.0 Å². The first kappa shape index (κ1) is 32.2. The van der Waals surface area contributed by atoms with Gasteiger partial charge in [0.2, 0.25) is 0 Å². The van der Waals surface area contributed by atoms with Crippen molar-refractivity contribution in [1.29, 1.82) is 0 Å². The molecule has 0 bridgehead atoms. The summed E-state index contributed by atoms with van der Waals surface area (Å²) in [5.74, 6) is 1.86. The van der Waals surface area contributed by atoms with Crippen molar-refractivity contribution < 1.29 is 0 Å². The zero-order valence-electron chi connectivity index (χ0n) is 29.9. The molecular weight excluding hydrogens is 669 g/mol. The zero-order valence-corrected chi connectivity index (χ0v) is 29.9. The fraction of sp³-hybridized carbons (Fsp3) is 0. The highest BCUT2D eigenvalue weighted by Crippen LogP contribution is 2.41. The lowest BCUT2D eigenvalue weighted by Crippen LogP contribution is -2.04. The van der Waals surface area contributed by atoms with Crippen molar-refractivity contribution in [2.24, 2.45) is 0 Å². The van der Waals surface area contributed by atoms with E-state index in [1.54, 1.807) is 0 Å². The second-order valence-electron chi connectivity index (χ2n) is 13.6. The van der Waals surface area contributed by atoms with Crippen LogP contribution >= 0.6 is 0 Å². The number of nitrogens with zero attached hydrogens (tertiary/aromatic N) is 4. The SMILES string of the molecule is c1ccc(-c2ccc(-c3ccc(-n4c5ccccc5c5ccccc54)c(-c4nc(-c5ccccc5)nc(-c5ccccc5)n4)c3)c(-c3ccccc3)c2)cc1. The molecule has 4 nitrogen and oxygen atoms in total. The maximum Gasteiger partial charge on any atom is 0.166 e. The topological polar surface area (TPSA) is 43.6 Å². The van der Waals surface area contributed by atoms with Crippen molar-refractivity contribution >= 4 is 21.8 Å². The van der Waals surface area contributed by atoms with Crippen LogP contribution in [-0.2, 0) is 0 Å². The fourth-order valence-corrected chi connectivity index (χ4v) is 7.65. The number of para-hydroxylation sites is 2. The van der Waals surface area contributed by atoms with Crippen molar-refractivity contribution in [2.45, 2.75) is 0 Å². The minimum atomic E-state index is 0.605. The van der Waals surface area contributed by atoms with Crippen molar-refractivity contribution in [2.75, 3.05) is 0 Å². The minimum Gasteiger partial charge on any atom is -0.309 e. The molecule has 0 N–H and O–H groups in total. The van der Waals surface area contributed by atoms with Crippen LogP contribution in [0.3, 0.4) is 0 Å². The van der Waals surface area contributed by atoms with Crippen LogP contribution in [0.5, 0.6) is 0 Å². The minimum absolute atomic E-state index is 0.605. The molecule has 10 rings (SSSR count). The van der Waals surface area contributed by atoms with Gasteiger partial charge in [-0.2, -0.15) is 0 Å². The largest absolute Gasteiger partial charge is 0.309 e. The molecule has 2 heterocycles. The van der Waals surface area contributed by atoms with Gasteiger partial charge in [-0.3, -0.25) is 0 Å². The number of fused-ring (bicyclic) bond motifs is 3. The molecule has 0 atom stereocenters. The normalized spacial score (nSPS) is 11.3. The number of benzene rings is 8. The molecule has 0 radical (unpaired) electrons. The van der Waals surface area contributed by atoms with E-state index in [9.17, 15) is 0 Å². The predicted octanol–water partition coefficient (Wildman–Crippen LogP) is 13.0. The van der Waals surface area contributed by atoms with Crippen LogP contribution in [0.4, 0.5) is 0 Å². The Labute approximate surface area is 319 Å². The molecule has 4 heteroatoms. The van der Waals surface area contributed by atoms with Gasteiger partial charge >= 0.3 is 0 Å². The first-order valence-electron chi connectivity index (χ1n) is 18.5. The lowest BCUT2D eigenvalue weighted by Gasteiger charge is -2.18. The van der Waals surface area contributed by atoms with Gasteiger partial charge in [0.05, 0.1) is 16.7 Å². The average Bonchev–Trinajstić information content (AvgIpc) is 3.61. The Morgan fingerprint density at radius 2 is 0.709 bits per heavy atom. The lowest BCUT2D eigenvalue weighted by molar-refractivity contribution is 1.06. The van der Waals surface area contributed by atoms with E-state index in [0.29, 0.717) is 17.5 Å². The van der Waals surface area contributed by atoms with Crippen LogP contribution in [0.2, 0.25) is 0 Å². The highest BCUT2D eigenvalue weighted by molar-refractivity contribution is 6.09. The first-order chi connectivity index (χ1) is 27.3. The van der Waals surface area contributed by atoms with Crippen molar-refractivity contribution in [3.8, 4) is 73.2 Å². The van der Waals surface area contributed by atoms with Crippen LogP contribution in [0, 0.1) is 0 Å². The van der Waals surface area contributed by atoms with Crippen LogP contribution in [0.15, 0.2) is 206 Å². The van der Waals surface area contributed by atoms with E-state index in [-0.39, 0.29) is 0 Å². The summed E-state index contributed by atoms with van der Waals surface area (Å²) < 4.78 is 2.36. The molecule has 0 aliphatic carbocycles. The van der Waals surface area contributed by atoms with Crippen molar-refractivity contribution in [3.63, 3.8) is 0 Å². The summed E-state index contributed by atoms with van der Waals surface area (Å²) in [5.41, 5.74) is 12.9. The van der Waals surface area contributed by atoms with E-state index in [4.69, 9.17) is 15.0 Å². The molecule has 2 aromatic heterocycles. The highest BCUT2D eigenvalue weighted by atomic mass is 15.1. The first-order valence-corrected chi connectivity index (χ1v) is 18.5. The molecule has 0 aliphatic heterocycles. The summed E-state index contributed by atoms with van der Waals surface area (Å²) in [4.78, 5) is 15.6. The van der Waals surface area contributed by atoms with E-state index in [1.165, 1.54) is 21.9 Å². The molecule has 0 amide bonds. The van der Waals surface area contributed by atoms with Gasteiger partial charge in [-0.05, 0) is 63.7 Å². The maximum absolute atomic E-state index is 5.26. The van der Waals surface area contributed by atoms with Crippen LogP contribution in [-0.4, -0.2) is 19.5 Å². The predicted molar refractivity (Wildman–Crippen MR) is 227 cm³/mol. The van der Waals surface area contributed by atoms with Crippen molar-refractivity contribution in [1.82, 2.24) is 19.5 Å². The van der Waals surface area contributed by atoms with Gasteiger partial charge in [0.25, 0.3) is 0 Å². The fourth-order valence-electron chi connectivity index (χ4n) is 7.65. The molecule has 0 fully saturated rings. The Morgan fingerprint density at radius 3 is 1.27 bits per heavy atom. The third kappa shape index (κ3) is 5.96. The second-order valence-corrected chi connectivity index (χ2v) is 13.6. The van der Waals surface area contributed by atoms with E-state index in [0.717, 1.165) is 55.7 Å². The van der Waals surface area contributed by atoms with Gasteiger partial charge in [0.15, 0.2) is 17.5 Å². The highest BCUT2D eigenvalue weighted by Gasteiger charge is 2.21. The smallest absolute Gasteiger partial charge is 0.166 e. The van der Waals surface area contributed by atoms with E-state index >= 15 is 0 Å². The third-order valence-electron chi connectivity index (χ3n) is 10.3. The summed E-state index contributed by atoms with van der Waals surface area (Å²) >= 11 is 0. The van der Waals surface area contributed by atoms with E-state index < -0.39 is 0 Å². The van der Waals surface area contributed by atoms with Gasteiger partial charge in [0.1, 0.15) is 0 Å². The molecule has 0 saturated carbocycles. The number of rotatable bonds is 7. The summed E-state index contributed by atoms with van der Waals surface area (Å²) in [6.45, 7) is 0. The molecular formula is C51H34N4. The molecule has 0 unspecified atom stereocenters. The Hall–Kier alpha value is -7.43. The average molecular weight is 703 g/mol. The van der Waals surface area contributed by atoms with Gasteiger partial charge in [-0.1, -0.05) is 176 Å². The maximum atomic E-state index is 5.26. The van der Waals surface area contributed by atoms with Crippen molar-refractivity contribution in [3.05, 3.63) is 206 Å². The monoisotopic (exact) mass is 702 g/mol. The van der Waals surface area contributed by atoms with Crippen LogP contribution in [0.25, 0.3) is 95.0 Å². The van der Waals surface area contributed by atoms with E-state index in [2.05, 4.69) is 174 Å². The summed E-state index contributed by atoms with van der Waals surface area (Å²) in [6.07, 6.45) is 0. The number of hydrogen-bond donors (Lipinski definition) is 0. The summed E-state index contributed by atoms with van der Waals surface area (Å²) in [5, 5.41) is 2.39. The summed E-state index contributed by atoms with van der Waals surface area (Å²) in [7, 11) is 0. The Kier molecular flexibility index (Phi) is 8.12. The Balaban J connectivity index is 1.27. The van der Waals surface area contributed by atoms with Gasteiger partial charge in [0, 0.05) is 27.5 Å². The number of hydrogen-bond acceptors (Lipinski definition) is 3. The Bertz CT molecular complexity index is 2840. The van der Waals surface area contributed by atoms with E-state index in [1.807, 2.05) is 36.4 Å². The second kappa shape index (κ2) is 13.8.